The molecule has 0 saturated carbocycles. The predicted octanol–water partition coefficient (Wildman–Crippen LogP) is 5.97. The number of aliphatic carboxylic acids is 1. The van der Waals surface area contributed by atoms with Gasteiger partial charge in [-0.25, -0.2) is 0 Å². The van der Waals surface area contributed by atoms with Crippen LogP contribution >= 0.6 is 0 Å². The molecule has 0 saturated heterocycles. The summed E-state index contributed by atoms with van der Waals surface area (Å²) in [5, 5.41) is 18.2. The Labute approximate surface area is 223 Å². The average molecular weight is 514 g/mol. The minimum absolute atomic E-state index is 0.209. The van der Waals surface area contributed by atoms with Crippen LogP contribution in [0.5, 0.6) is 0 Å². The maximum atomic E-state index is 10.8. The number of fused-ring (bicyclic) bond motifs is 1. The van der Waals surface area contributed by atoms with Gasteiger partial charge in [0.25, 0.3) is 5.89 Å². The topological polar surface area (TPSA) is 107 Å². The number of unbranched alkanes of at least 4 members (excludes halogenated alkanes) is 1. The molecule has 3 aromatic heterocycles. The number of carboxylic acids is 1. The van der Waals surface area contributed by atoms with Crippen LogP contribution in [0.25, 0.3) is 23.0 Å². The second-order valence-corrected chi connectivity index (χ2v) is 11.2. The first-order valence-corrected chi connectivity index (χ1v) is 13.3. The van der Waals surface area contributed by atoms with Crippen molar-refractivity contribution in [3.63, 3.8) is 0 Å². The molecule has 0 fully saturated rings. The summed E-state index contributed by atoms with van der Waals surface area (Å²) in [7, 11) is 0. The van der Waals surface area contributed by atoms with Gasteiger partial charge in [-0.3, -0.25) is 14.5 Å². The average Bonchev–Trinajstić information content (AvgIpc) is 3.48. The number of rotatable bonds is 9. The number of aromatic nitrogens is 5. The van der Waals surface area contributed by atoms with E-state index in [0.717, 1.165) is 60.1 Å². The lowest BCUT2D eigenvalue weighted by Gasteiger charge is -2.30. The summed E-state index contributed by atoms with van der Waals surface area (Å²) in [6.45, 7) is 9.44. The van der Waals surface area contributed by atoms with Crippen molar-refractivity contribution in [2.24, 2.45) is 5.41 Å². The molecular formula is C30H35N5O3. The highest BCUT2D eigenvalue weighted by atomic mass is 16.5. The maximum absolute atomic E-state index is 10.8. The van der Waals surface area contributed by atoms with Gasteiger partial charge in [0.05, 0.1) is 6.54 Å². The highest BCUT2D eigenvalue weighted by molar-refractivity contribution is 5.66. The number of pyridine rings is 1. The summed E-state index contributed by atoms with van der Waals surface area (Å²) in [6, 6.07) is 8.20. The lowest BCUT2D eigenvalue weighted by Crippen LogP contribution is -2.24. The molecule has 5 rings (SSSR count). The number of benzene rings is 1. The number of carboxylic acid groups (broad SMARTS) is 1. The lowest BCUT2D eigenvalue weighted by molar-refractivity contribution is -0.137. The molecule has 1 N–H and O–H groups in total. The highest BCUT2D eigenvalue weighted by Gasteiger charge is 2.33. The van der Waals surface area contributed by atoms with Gasteiger partial charge in [0.15, 0.2) is 5.69 Å². The van der Waals surface area contributed by atoms with Gasteiger partial charge in [0, 0.05) is 35.6 Å². The molecule has 8 nitrogen and oxygen atoms in total. The van der Waals surface area contributed by atoms with Gasteiger partial charge in [-0.05, 0) is 98.2 Å². The third-order valence-corrected chi connectivity index (χ3v) is 7.57. The van der Waals surface area contributed by atoms with E-state index in [-0.39, 0.29) is 11.8 Å². The first-order chi connectivity index (χ1) is 18.2. The number of hydrogen-bond donors (Lipinski definition) is 1. The lowest BCUT2D eigenvalue weighted by atomic mass is 9.76. The van der Waals surface area contributed by atoms with Crippen LogP contribution in [0.3, 0.4) is 0 Å². The van der Waals surface area contributed by atoms with Crippen LogP contribution in [-0.2, 0) is 30.6 Å². The van der Waals surface area contributed by atoms with E-state index in [4.69, 9.17) is 19.7 Å². The molecule has 198 valence electrons. The van der Waals surface area contributed by atoms with Crippen LogP contribution in [0.1, 0.15) is 73.0 Å². The summed E-state index contributed by atoms with van der Waals surface area (Å²) in [5.41, 5.74) is 9.01. The Morgan fingerprint density at radius 3 is 2.68 bits per heavy atom. The summed E-state index contributed by atoms with van der Waals surface area (Å²) >= 11 is 0. The van der Waals surface area contributed by atoms with E-state index in [1.54, 1.807) is 6.20 Å². The molecule has 4 aromatic rings. The number of nitrogens with zero attached hydrogens (tertiary/aromatic N) is 5. The van der Waals surface area contributed by atoms with Crippen molar-refractivity contribution >= 4 is 5.97 Å². The molecule has 0 spiro atoms. The van der Waals surface area contributed by atoms with Crippen LogP contribution in [0.4, 0.5) is 0 Å². The van der Waals surface area contributed by atoms with Crippen LogP contribution in [0.15, 0.2) is 41.2 Å². The highest BCUT2D eigenvalue weighted by Crippen LogP contribution is 2.39. The summed E-state index contributed by atoms with van der Waals surface area (Å²) < 4.78 is 7.88. The smallest absolute Gasteiger partial charge is 0.303 e. The van der Waals surface area contributed by atoms with Gasteiger partial charge in [-0.2, -0.15) is 10.1 Å². The minimum atomic E-state index is -0.742. The van der Waals surface area contributed by atoms with E-state index in [2.05, 4.69) is 60.7 Å². The first-order valence-electron chi connectivity index (χ1n) is 13.3. The van der Waals surface area contributed by atoms with E-state index in [9.17, 15) is 4.79 Å². The van der Waals surface area contributed by atoms with Crippen LogP contribution < -0.4 is 0 Å². The van der Waals surface area contributed by atoms with Crippen LogP contribution in [0, 0.1) is 19.3 Å². The molecule has 38 heavy (non-hydrogen) atoms. The first kappa shape index (κ1) is 25.8. The predicted molar refractivity (Wildman–Crippen MR) is 145 cm³/mol. The van der Waals surface area contributed by atoms with Crippen LogP contribution in [0.2, 0.25) is 0 Å². The Hall–Kier alpha value is -3.81. The SMILES string of the molecule is Cc1cc(-c2noc(-c3nn(Cc4cccnc4)c4c3CCC(C)(C)C4)n2)cc(C)c1CCCCC(=O)O. The number of hydrogen-bond acceptors (Lipinski definition) is 6. The molecule has 0 atom stereocenters. The van der Waals surface area contributed by atoms with Gasteiger partial charge >= 0.3 is 5.97 Å². The minimum Gasteiger partial charge on any atom is -0.481 e. The van der Waals surface area contributed by atoms with E-state index < -0.39 is 5.97 Å². The van der Waals surface area contributed by atoms with Crippen molar-refractivity contribution in [1.82, 2.24) is 24.9 Å². The van der Waals surface area contributed by atoms with Gasteiger partial charge in [0.2, 0.25) is 5.82 Å². The monoisotopic (exact) mass is 513 g/mol. The van der Waals surface area contributed by atoms with Gasteiger partial charge in [0.1, 0.15) is 0 Å². The maximum Gasteiger partial charge on any atom is 0.303 e. The fraction of sp³-hybridized carbons (Fsp3) is 0.433. The fourth-order valence-corrected chi connectivity index (χ4v) is 5.50. The molecule has 1 aliphatic rings. The van der Waals surface area contributed by atoms with Gasteiger partial charge in [-0.1, -0.05) is 25.1 Å². The Morgan fingerprint density at radius 2 is 1.97 bits per heavy atom. The van der Waals surface area contributed by atoms with Crippen LogP contribution in [-0.4, -0.2) is 36.0 Å². The Balaban J connectivity index is 1.43. The van der Waals surface area contributed by atoms with Crippen molar-refractivity contribution in [2.45, 2.75) is 79.2 Å². The van der Waals surface area contributed by atoms with E-state index >= 15 is 0 Å². The van der Waals surface area contributed by atoms with E-state index in [0.29, 0.717) is 24.7 Å². The van der Waals surface area contributed by atoms with Gasteiger partial charge in [-0.15, -0.1) is 0 Å². The zero-order valence-corrected chi connectivity index (χ0v) is 22.6. The zero-order valence-electron chi connectivity index (χ0n) is 22.6. The second kappa shape index (κ2) is 10.5. The Morgan fingerprint density at radius 1 is 1.18 bits per heavy atom. The third kappa shape index (κ3) is 5.54. The molecule has 8 heteroatoms. The molecule has 1 aliphatic carbocycles. The summed E-state index contributed by atoms with van der Waals surface area (Å²) in [4.78, 5) is 19.9. The number of aryl methyl sites for hydroxylation is 2. The molecule has 0 amide bonds. The number of carbonyl (C=O) groups is 1. The van der Waals surface area contributed by atoms with Crippen molar-refractivity contribution in [1.29, 1.82) is 0 Å². The van der Waals surface area contributed by atoms with Crippen molar-refractivity contribution < 1.29 is 14.4 Å². The second-order valence-electron chi connectivity index (χ2n) is 11.2. The van der Waals surface area contributed by atoms with Crippen molar-refractivity contribution in [3.8, 4) is 23.0 Å². The fourth-order valence-electron chi connectivity index (χ4n) is 5.50. The molecule has 0 unspecified atom stereocenters. The van der Waals surface area contributed by atoms with E-state index in [1.807, 2.05) is 12.3 Å². The zero-order chi connectivity index (χ0) is 26.9. The quantitative estimate of drug-likeness (QED) is 0.275. The molecule has 3 heterocycles. The third-order valence-electron chi connectivity index (χ3n) is 7.57. The summed E-state index contributed by atoms with van der Waals surface area (Å²) in [6.07, 6.45) is 9.22. The molecule has 0 aliphatic heterocycles. The standard InChI is InChI=1S/C30H35N5O3/c1-19-14-22(15-20(2)23(19)9-5-6-10-26(36)37)28-32-29(38-34-28)27-24-11-12-30(3,4)16-25(24)35(33-27)18-21-8-7-13-31-17-21/h7-8,13-15,17H,5-6,9-12,16,18H2,1-4H3,(H,36,37). The molecular weight excluding hydrogens is 478 g/mol. The largest absolute Gasteiger partial charge is 0.481 e. The molecule has 0 bridgehead atoms. The molecule has 1 aromatic carbocycles. The summed E-state index contributed by atoms with van der Waals surface area (Å²) in [5.74, 6) is 0.262. The van der Waals surface area contributed by atoms with Crippen molar-refractivity contribution in [3.05, 3.63) is 70.2 Å². The normalized spacial score (nSPS) is 14.4. The van der Waals surface area contributed by atoms with Crippen molar-refractivity contribution in [2.75, 3.05) is 0 Å². The molecule has 0 radical (unpaired) electrons. The van der Waals surface area contributed by atoms with Gasteiger partial charge < -0.3 is 9.63 Å². The Bertz CT molecular complexity index is 1430. The Kier molecular flexibility index (Phi) is 7.15. The van der Waals surface area contributed by atoms with E-state index in [1.165, 1.54) is 16.8 Å².